The number of fused-ring (bicyclic) bond motifs is 1. The number of primary amides is 1. The van der Waals surface area contributed by atoms with Gasteiger partial charge < -0.3 is 16.4 Å². The van der Waals surface area contributed by atoms with Crippen LogP contribution in [0.2, 0.25) is 0 Å². The molecule has 124 valence electrons. The summed E-state index contributed by atoms with van der Waals surface area (Å²) in [7, 11) is 0. The molecule has 8 heteroatoms. The van der Waals surface area contributed by atoms with Crippen molar-refractivity contribution in [3.05, 3.63) is 17.3 Å². The number of carbonyl (C=O) groups excluding carboxylic acids is 2. The summed E-state index contributed by atoms with van der Waals surface area (Å²) in [5.41, 5.74) is 6.97. The monoisotopic (exact) mass is 444 g/mol. The van der Waals surface area contributed by atoms with Crippen LogP contribution in [0, 0.1) is 5.92 Å². The number of hydrogen-bond donors (Lipinski definition) is 3. The Labute approximate surface area is 151 Å². The van der Waals surface area contributed by atoms with Crippen molar-refractivity contribution in [3.8, 4) is 0 Å². The Morgan fingerprint density at radius 1 is 1.43 bits per heavy atom. The van der Waals surface area contributed by atoms with E-state index in [4.69, 9.17) is 5.73 Å². The van der Waals surface area contributed by atoms with Crippen molar-refractivity contribution in [2.75, 3.05) is 10.6 Å². The van der Waals surface area contributed by atoms with Crippen LogP contribution in [-0.4, -0.2) is 22.8 Å². The molecule has 1 saturated carbocycles. The number of aromatic nitrogens is 1. The van der Waals surface area contributed by atoms with E-state index in [0.29, 0.717) is 28.6 Å². The number of carbonyl (C=O) groups is 2. The molecule has 0 unspecified atom stereocenters. The lowest BCUT2D eigenvalue weighted by molar-refractivity contribution is -0.115. The van der Waals surface area contributed by atoms with E-state index < -0.39 is 9.14 Å². The van der Waals surface area contributed by atoms with Gasteiger partial charge in [0.1, 0.15) is 5.82 Å². The van der Waals surface area contributed by atoms with Crippen LogP contribution in [0.5, 0.6) is 0 Å². The minimum Gasteiger partial charge on any atom is -0.381 e. The molecular formula is C15H18Br2N4O2. The van der Waals surface area contributed by atoms with Crippen molar-refractivity contribution in [2.45, 2.75) is 41.9 Å². The molecule has 0 spiro atoms. The summed E-state index contributed by atoms with van der Waals surface area (Å²) < 4.78 is -1.12. The number of alkyl halides is 2. The van der Waals surface area contributed by atoms with E-state index in [9.17, 15) is 9.59 Å². The maximum Gasteiger partial charge on any atom is 0.258 e. The summed E-state index contributed by atoms with van der Waals surface area (Å²) in [5, 5.41) is 6.17. The molecule has 2 aliphatic rings. The Morgan fingerprint density at radius 3 is 2.78 bits per heavy atom. The van der Waals surface area contributed by atoms with Gasteiger partial charge in [0, 0.05) is 12.2 Å². The van der Waals surface area contributed by atoms with E-state index in [1.165, 1.54) is 12.6 Å². The van der Waals surface area contributed by atoms with Gasteiger partial charge in [-0.1, -0.05) is 51.6 Å². The number of hydrogen-bond acceptors (Lipinski definition) is 4. The number of anilines is 2. The standard InChI is InChI=1S/C15H18Br2N4O2/c1-7-4-2-3-5-9(7)20-11-8(12(18)22)6-19-13-10(11)15(16,17)14(23)21-13/h6-7,9H,2-5H2,1H3,(H2,18,22)(H2,19,20,21,23)/t7-,9+/m1/s1. The molecule has 6 nitrogen and oxygen atoms in total. The van der Waals surface area contributed by atoms with Gasteiger partial charge in [-0.05, 0) is 18.8 Å². The molecule has 1 fully saturated rings. The van der Waals surface area contributed by atoms with Crippen LogP contribution in [0.25, 0.3) is 0 Å². The maximum absolute atomic E-state index is 12.2. The van der Waals surface area contributed by atoms with Gasteiger partial charge in [-0.3, -0.25) is 9.59 Å². The Kier molecular flexibility index (Phi) is 4.39. The zero-order chi connectivity index (χ0) is 16.8. The normalized spacial score (nSPS) is 25.6. The number of amides is 2. The summed E-state index contributed by atoms with van der Waals surface area (Å²) in [4.78, 5) is 28.2. The van der Waals surface area contributed by atoms with E-state index in [2.05, 4.69) is 54.4 Å². The van der Waals surface area contributed by atoms with Crippen LogP contribution in [0.1, 0.15) is 48.5 Å². The third kappa shape index (κ3) is 2.87. The first-order chi connectivity index (χ1) is 10.8. The Balaban J connectivity index is 2.09. The molecule has 1 aromatic heterocycles. The first-order valence-corrected chi connectivity index (χ1v) is 9.20. The van der Waals surface area contributed by atoms with Crippen LogP contribution in [-0.2, 0) is 8.03 Å². The van der Waals surface area contributed by atoms with Gasteiger partial charge >= 0.3 is 0 Å². The van der Waals surface area contributed by atoms with E-state index in [1.807, 2.05) is 0 Å². The summed E-state index contributed by atoms with van der Waals surface area (Å²) in [6.45, 7) is 2.20. The van der Waals surface area contributed by atoms with Gasteiger partial charge in [-0.15, -0.1) is 0 Å². The average molecular weight is 446 g/mol. The van der Waals surface area contributed by atoms with Crippen molar-refractivity contribution < 1.29 is 9.59 Å². The van der Waals surface area contributed by atoms with Crippen molar-refractivity contribution in [3.63, 3.8) is 0 Å². The zero-order valence-electron chi connectivity index (χ0n) is 12.7. The van der Waals surface area contributed by atoms with E-state index in [1.54, 1.807) is 0 Å². The lowest BCUT2D eigenvalue weighted by atomic mass is 9.85. The highest BCUT2D eigenvalue weighted by atomic mass is 79.9. The quantitative estimate of drug-likeness (QED) is 0.622. The van der Waals surface area contributed by atoms with Gasteiger partial charge in [0.25, 0.3) is 11.8 Å². The smallest absolute Gasteiger partial charge is 0.258 e. The lowest BCUT2D eigenvalue weighted by Crippen LogP contribution is -2.33. The van der Waals surface area contributed by atoms with Crippen LogP contribution in [0.3, 0.4) is 0 Å². The molecule has 0 bridgehead atoms. The third-order valence-corrected chi connectivity index (χ3v) is 6.13. The summed E-state index contributed by atoms with van der Waals surface area (Å²) in [6.07, 6.45) is 5.94. The Hall–Kier alpha value is -1.15. The van der Waals surface area contributed by atoms with Crippen molar-refractivity contribution in [1.29, 1.82) is 0 Å². The number of nitrogens with one attached hydrogen (secondary N) is 2. The van der Waals surface area contributed by atoms with Gasteiger partial charge in [0.2, 0.25) is 0 Å². The largest absolute Gasteiger partial charge is 0.381 e. The molecule has 2 atom stereocenters. The summed E-state index contributed by atoms with van der Waals surface area (Å²) in [6, 6.07) is 0.236. The van der Waals surface area contributed by atoms with Gasteiger partial charge in [0.05, 0.1) is 16.8 Å². The number of halogens is 2. The molecular weight excluding hydrogens is 428 g/mol. The first kappa shape index (κ1) is 16.7. The molecule has 1 aliphatic carbocycles. The second-order valence-corrected chi connectivity index (χ2v) is 9.62. The molecule has 2 heterocycles. The number of rotatable bonds is 3. The van der Waals surface area contributed by atoms with Crippen LogP contribution in [0.15, 0.2) is 6.20 Å². The Morgan fingerprint density at radius 2 is 2.13 bits per heavy atom. The highest BCUT2D eigenvalue weighted by Crippen LogP contribution is 2.51. The third-order valence-electron chi connectivity index (χ3n) is 4.62. The van der Waals surface area contributed by atoms with Crippen molar-refractivity contribution in [2.24, 2.45) is 11.7 Å². The van der Waals surface area contributed by atoms with E-state index in [-0.39, 0.29) is 11.9 Å². The van der Waals surface area contributed by atoms with Gasteiger partial charge in [-0.25, -0.2) is 4.98 Å². The predicted octanol–water partition coefficient (Wildman–Crippen LogP) is 3.07. The van der Waals surface area contributed by atoms with E-state index in [0.717, 1.165) is 19.3 Å². The van der Waals surface area contributed by atoms with Crippen LogP contribution >= 0.6 is 31.9 Å². The van der Waals surface area contributed by atoms with Crippen molar-refractivity contribution >= 4 is 55.2 Å². The van der Waals surface area contributed by atoms with Crippen LogP contribution in [0.4, 0.5) is 11.5 Å². The second-order valence-electron chi connectivity index (χ2n) is 6.18. The molecule has 0 saturated heterocycles. The van der Waals surface area contributed by atoms with Crippen molar-refractivity contribution in [1.82, 2.24) is 4.98 Å². The second kappa shape index (κ2) is 6.05. The first-order valence-electron chi connectivity index (χ1n) is 7.61. The number of nitrogens with zero attached hydrogens (tertiary/aromatic N) is 1. The maximum atomic E-state index is 12.2. The number of pyridine rings is 1. The molecule has 0 radical (unpaired) electrons. The number of nitrogens with two attached hydrogens (primary N) is 1. The fourth-order valence-electron chi connectivity index (χ4n) is 3.26. The molecule has 23 heavy (non-hydrogen) atoms. The van der Waals surface area contributed by atoms with E-state index >= 15 is 0 Å². The lowest BCUT2D eigenvalue weighted by Gasteiger charge is -2.32. The molecule has 1 aliphatic heterocycles. The summed E-state index contributed by atoms with van der Waals surface area (Å²) >= 11 is 6.79. The molecule has 2 amide bonds. The highest BCUT2D eigenvalue weighted by Gasteiger charge is 2.47. The average Bonchev–Trinajstić information content (AvgIpc) is 2.71. The topological polar surface area (TPSA) is 97.1 Å². The molecule has 3 rings (SSSR count). The van der Waals surface area contributed by atoms with Gasteiger partial charge in [0.15, 0.2) is 3.23 Å². The van der Waals surface area contributed by atoms with Gasteiger partial charge in [-0.2, -0.15) is 0 Å². The summed E-state index contributed by atoms with van der Waals surface area (Å²) in [5.74, 6) is 0.0703. The molecule has 4 N–H and O–H groups in total. The minimum atomic E-state index is -1.12. The molecule has 0 aromatic carbocycles. The fraction of sp³-hybridized carbons (Fsp3) is 0.533. The minimum absolute atomic E-state index is 0.236. The van der Waals surface area contributed by atoms with Crippen LogP contribution < -0.4 is 16.4 Å². The SMILES string of the molecule is C[C@@H]1CCCC[C@@H]1Nc1c(C(N)=O)cnc2c1C(Br)(Br)C(=O)N2. The zero-order valence-corrected chi connectivity index (χ0v) is 15.8. The highest BCUT2D eigenvalue weighted by molar-refractivity contribution is 9.25. The predicted molar refractivity (Wildman–Crippen MR) is 96.0 cm³/mol. The fourth-order valence-corrected chi connectivity index (χ4v) is 4.23. The Bertz CT molecular complexity index is 678. The molecule has 1 aromatic rings.